The lowest BCUT2D eigenvalue weighted by Crippen LogP contribution is -2.14. The molecule has 114 valence electrons. The van der Waals surface area contributed by atoms with Crippen molar-refractivity contribution in [2.45, 2.75) is 20.0 Å². The molecule has 0 unspecified atom stereocenters. The summed E-state index contributed by atoms with van der Waals surface area (Å²) < 4.78 is 43.5. The Morgan fingerprint density at radius 2 is 1.90 bits per heavy atom. The minimum absolute atomic E-state index is 0.172. The molecule has 0 aromatic carbocycles. The smallest absolute Gasteiger partial charge is 0.379 e. The maximum Gasteiger partial charge on any atom is 0.416 e. The van der Waals surface area contributed by atoms with E-state index < -0.39 is 11.7 Å². The second kappa shape index (κ2) is 7.33. The summed E-state index contributed by atoms with van der Waals surface area (Å²) >= 11 is 0. The van der Waals surface area contributed by atoms with Crippen LogP contribution in [0.5, 0.6) is 0 Å². The minimum Gasteiger partial charge on any atom is -0.379 e. The Hall–Kier alpha value is -1.50. The number of pyridine rings is 1. The van der Waals surface area contributed by atoms with E-state index in [0.29, 0.717) is 25.7 Å². The van der Waals surface area contributed by atoms with Gasteiger partial charge in [0.25, 0.3) is 0 Å². The highest BCUT2D eigenvalue weighted by atomic mass is 19.4. The van der Waals surface area contributed by atoms with Crippen molar-refractivity contribution in [2.24, 2.45) is 5.92 Å². The molecule has 20 heavy (non-hydrogen) atoms. The number of anilines is 2. The molecule has 0 atom stereocenters. The number of rotatable bonds is 7. The number of nitrogens with zero attached hydrogens (tertiary/aromatic N) is 1. The Morgan fingerprint density at radius 3 is 2.45 bits per heavy atom. The SMILES string of the molecule is CNc1cc(C(F)(F)F)cc(NCCOCC(C)C)n1. The molecular weight excluding hydrogens is 271 g/mol. The maximum atomic E-state index is 12.7. The molecule has 0 radical (unpaired) electrons. The number of hydrogen-bond acceptors (Lipinski definition) is 4. The van der Waals surface area contributed by atoms with Gasteiger partial charge in [-0.25, -0.2) is 4.98 Å². The van der Waals surface area contributed by atoms with E-state index >= 15 is 0 Å². The van der Waals surface area contributed by atoms with Gasteiger partial charge in [-0.3, -0.25) is 0 Å². The largest absolute Gasteiger partial charge is 0.416 e. The van der Waals surface area contributed by atoms with E-state index in [9.17, 15) is 13.2 Å². The molecule has 0 aliphatic rings. The topological polar surface area (TPSA) is 46.2 Å². The molecule has 0 saturated heterocycles. The average molecular weight is 291 g/mol. The van der Waals surface area contributed by atoms with Crippen LogP contribution in [0.3, 0.4) is 0 Å². The van der Waals surface area contributed by atoms with Gasteiger partial charge in [0.2, 0.25) is 0 Å². The fraction of sp³-hybridized carbons (Fsp3) is 0.615. The first-order valence-electron chi connectivity index (χ1n) is 6.41. The summed E-state index contributed by atoms with van der Waals surface area (Å²) in [6.45, 7) is 5.51. The molecule has 0 aliphatic carbocycles. The zero-order valence-corrected chi connectivity index (χ0v) is 11.8. The zero-order valence-electron chi connectivity index (χ0n) is 11.8. The Labute approximate surface area is 116 Å². The van der Waals surface area contributed by atoms with E-state index in [4.69, 9.17) is 4.74 Å². The van der Waals surface area contributed by atoms with Crippen molar-refractivity contribution in [3.8, 4) is 0 Å². The van der Waals surface area contributed by atoms with Gasteiger partial charge in [0.05, 0.1) is 12.2 Å². The number of nitrogens with one attached hydrogen (secondary N) is 2. The summed E-state index contributed by atoms with van der Waals surface area (Å²) in [5.74, 6) is 0.778. The molecule has 0 amide bonds. The summed E-state index contributed by atoms with van der Waals surface area (Å²) in [6, 6.07) is 1.96. The van der Waals surface area contributed by atoms with Crippen molar-refractivity contribution in [2.75, 3.05) is 37.4 Å². The van der Waals surface area contributed by atoms with Crippen molar-refractivity contribution in [1.29, 1.82) is 0 Å². The van der Waals surface area contributed by atoms with E-state index in [1.54, 1.807) is 0 Å². The molecule has 0 saturated carbocycles. The average Bonchev–Trinajstić information content (AvgIpc) is 2.36. The van der Waals surface area contributed by atoms with E-state index in [2.05, 4.69) is 15.6 Å². The van der Waals surface area contributed by atoms with Crippen LogP contribution < -0.4 is 10.6 Å². The quantitative estimate of drug-likeness (QED) is 0.757. The summed E-state index contributed by atoms with van der Waals surface area (Å²) in [5.41, 5.74) is -0.734. The third-order valence-electron chi connectivity index (χ3n) is 2.41. The Morgan fingerprint density at radius 1 is 1.25 bits per heavy atom. The standard InChI is InChI=1S/C13H20F3N3O/c1-9(2)8-20-5-4-18-12-7-10(13(14,15)16)6-11(17-3)19-12/h6-7,9H,4-5,8H2,1-3H3,(H2,17,18,19). The van der Waals surface area contributed by atoms with Crippen molar-refractivity contribution in [3.63, 3.8) is 0 Å². The van der Waals surface area contributed by atoms with E-state index in [-0.39, 0.29) is 11.6 Å². The van der Waals surface area contributed by atoms with Crippen LogP contribution >= 0.6 is 0 Å². The maximum absolute atomic E-state index is 12.7. The number of hydrogen-bond donors (Lipinski definition) is 2. The summed E-state index contributed by atoms with van der Waals surface area (Å²) in [4.78, 5) is 4.02. The first-order chi connectivity index (χ1) is 9.32. The van der Waals surface area contributed by atoms with Gasteiger partial charge in [-0.15, -0.1) is 0 Å². The van der Waals surface area contributed by atoms with Crippen LogP contribution in [0.15, 0.2) is 12.1 Å². The molecule has 1 aromatic heterocycles. The lowest BCUT2D eigenvalue weighted by molar-refractivity contribution is -0.137. The van der Waals surface area contributed by atoms with Crippen molar-refractivity contribution >= 4 is 11.6 Å². The first-order valence-corrected chi connectivity index (χ1v) is 6.41. The highest BCUT2D eigenvalue weighted by Crippen LogP contribution is 2.31. The summed E-state index contributed by atoms with van der Waals surface area (Å²) in [6.07, 6.45) is -4.39. The summed E-state index contributed by atoms with van der Waals surface area (Å²) in [7, 11) is 1.53. The molecule has 0 spiro atoms. The van der Waals surface area contributed by atoms with Gasteiger partial charge in [-0.05, 0) is 18.1 Å². The molecule has 1 heterocycles. The fourth-order valence-corrected chi connectivity index (χ4v) is 1.48. The van der Waals surface area contributed by atoms with E-state index in [0.717, 1.165) is 12.1 Å². The molecular formula is C13H20F3N3O. The Kier molecular flexibility index (Phi) is 6.06. The second-order valence-electron chi connectivity index (χ2n) is 4.77. The molecule has 0 bridgehead atoms. The van der Waals surface area contributed by atoms with Gasteiger partial charge in [0.1, 0.15) is 11.6 Å². The van der Waals surface area contributed by atoms with E-state index in [1.165, 1.54) is 7.05 Å². The summed E-state index contributed by atoms with van der Waals surface area (Å²) in [5, 5.41) is 5.44. The number of halogens is 3. The molecule has 1 rings (SSSR count). The molecule has 7 heteroatoms. The van der Waals surface area contributed by atoms with Crippen LogP contribution in [-0.2, 0) is 10.9 Å². The van der Waals surface area contributed by atoms with Crippen LogP contribution in [0.4, 0.5) is 24.8 Å². The van der Waals surface area contributed by atoms with Gasteiger partial charge >= 0.3 is 6.18 Å². The molecule has 2 N–H and O–H groups in total. The minimum atomic E-state index is -4.39. The highest BCUT2D eigenvalue weighted by molar-refractivity contribution is 5.49. The number of alkyl halides is 3. The van der Waals surface area contributed by atoms with Gasteiger partial charge in [-0.1, -0.05) is 13.8 Å². The van der Waals surface area contributed by atoms with Crippen molar-refractivity contribution < 1.29 is 17.9 Å². The lowest BCUT2D eigenvalue weighted by Gasteiger charge is -2.13. The Bertz CT molecular complexity index is 422. The van der Waals surface area contributed by atoms with Crippen LogP contribution in [0, 0.1) is 5.92 Å². The third kappa shape index (κ3) is 5.64. The predicted molar refractivity (Wildman–Crippen MR) is 72.9 cm³/mol. The lowest BCUT2D eigenvalue weighted by atomic mass is 10.2. The van der Waals surface area contributed by atoms with Gasteiger partial charge in [-0.2, -0.15) is 13.2 Å². The highest BCUT2D eigenvalue weighted by Gasteiger charge is 2.31. The predicted octanol–water partition coefficient (Wildman–Crippen LogP) is 3.23. The van der Waals surface area contributed by atoms with Crippen molar-refractivity contribution in [3.05, 3.63) is 17.7 Å². The van der Waals surface area contributed by atoms with Gasteiger partial charge < -0.3 is 15.4 Å². The third-order valence-corrected chi connectivity index (χ3v) is 2.41. The van der Waals surface area contributed by atoms with Gasteiger partial charge in [0, 0.05) is 20.2 Å². The van der Waals surface area contributed by atoms with Gasteiger partial charge in [0.15, 0.2) is 0 Å². The normalized spacial score (nSPS) is 11.8. The zero-order chi connectivity index (χ0) is 15.2. The molecule has 0 aliphatic heterocycles. The molecule has 1 aromatic rings. The molecule has 4 nitrogen and oxygen atoms in total. The first kappa shape index (κ1) is 16.6. The molecule has 0 fully saturated rings. The van der Waals surface area contributed by atoms with Crippen LogP contribution in [0.2, 0.25) is 0 Å². The van der Waals surface area contributed by atoms with Crippen LogP contribution in [0.1, 0.15) is 19.4 Å². The van der Waals surface area contributed by atoms with Crippen molar-refractivity contribution in [1.82, 2.24) is 4.98 Å². The number of aromatic nitrogens is 1. The van der Waals surface area contributed by atoms with E-state index in [1.807, 2.05) is 13.8 Å². The van der Waals surface area contributed by atoms with Crippen LogP contribution in [-0.4, -0.2) is 31.8 Å². The Balaban J connectivity index is 2.61. The number of ether oxygens (including phenoxy) is 1. The fourth-order valence-electron chi connectivity index (χ4n) is 1.48. The monoisotopic (exact) mass is 291 g/mol. The second-order valence-corrected chi connectivity index (χ2v) is 4.77. The van der Waals surface area contributed by atoms with Crippen LogP contribution in [0.25, 0.3) is 0 Å².